The van der Waals surface area contributed by atoms with Crippen molar-refractivity contribution >= 4 is 29.1 Å². The molecule has 1 aliphatic heterocycles. The van der Waals surface area contributed by atoms with Crippen molar-refractivity contribution in [3.8, 4) is 0 Å². The van der Waals surface area contributed by atoms with Crippen molar-refractivity contribution in [3.63, 3.8) is 0 Å². The van der Waals surface area contributed by atoms with Gasteiger partial charge in [0.2, 0.25) is 0 Å². The van der Waals surface area contributed by atoms with Gasteiger partial charge in [0.05, 0.1) is 0 Å². The summed E-state index contributed by atoms with van der Waals surface area (Å²) < 4.78 is 0. The minimum absolute atomic E-state index is 0.0920. The Morgan fingerprint density at radius 1 is 1.31 bits per heavy atom. The Morgan fingerprint density at radius 3 is 2.85 bits per heavy atom. The lowest BCUT2D eigenvalue weighted by Gasteiger charge is -2.17. The molecule has 1 amide bonds. The maximum atomic E-state index is 11.4. The molecule has 0 atom stereocenters. The lowest BCUT2D eigenvalue weighted by atomic mass is 10.0. The maximum Gasteiger partial charge on any atom is 0.251 e. The zero-order valence-corrected chi connectivity index (χ0v) is 8.24. The molecule has 2 nitrogen and oxygen atoms in total. The molecule has 0 saturated carbocycles. The third-order valence-electron chi connectivity index (χ3n) is 2.07. The molecule has 1 heterocycles. The van der Waals surface area contributed by atoms with Gasteiger partial charge in [-0.1, -0.05) is 23.2 Å². The van der Waals surface area contributed by atoms with Crippen LogP contribution in [0.3, 0.4) is 0 Å². The van der Waals surface area contributed by atoms with Gasteiger partial charge >= 0.3 is 0 Å². The van der Waals surface area contributed by atoms with Crippen molar-refractivity contribution in [2.75, 3.05) is 6.54 Å². The highest BCUT2D eigenvalue weighted by molar-refractivity contribution is 6.35. The molecule has 1 N–H and O–H groups in total. The van der Waals surface area contributed by atoms with Crippen molar-refractivity contribution in [3.05, 3.63) is 33.3 Å². The van der Waals surface area contributed by atoms with Gasteiger partial charge in [0, 0.05) is 22.2 Å². The van der Waals surface area contributed by atoms with Crippen LogP contribution < -0.4 is 5.32 Å². The minimum atomic E-state index is -0.0920. The van der Waals surface area contributed by atoms with Gasteiger partial charge in [0.25, 0.3) is 5.91 Å². The van der Waals surface area contributed by atoms with E-state index in [9.17, 15) is 4.79 Å². The van der Waals surface area contributed by atoms with E-state index in [4.69, 9.17) is 23.2 Å². The molecule has 0 aromatic heterocycles. The molecule has 0 saturated heterocycles. The molecule has 68 valence electrons. The second-order valence-electron chi connectivity index (χ2n) is 2.92. The monoisotopic (exact) mass is 215 g/mol. The second-order valence-corrected chi connectivity index (χ2v) is 3.76. The number of carbonyl (C=O) groups excluding carboxylic acids is 1. The van der Waals surface area contributed by atoms with Gasteiger partial charge in [0.1, 0.15) is 0 Å². The summed E-state index contributed by atoms with van der Waals surface area (Å²) >= 11 is 11.7. The smallest absolute Gasteiger partial charge is 0.251 e. The maximum absolute atomic E-state index is 11.4. The second kappa shape index (κ2) is 3.20. The summed E-state index contributed by atoms with van der Waals surface area (Å²) in [6.07, 6.45) is 0.775. The number of fused-ring (bicyclic) bond motifs is 1. The van der Waals surface area contributed by atoms with Crippen LogP contribution in [0.5, 0.6) is 0 Å². The number of hydrogen-bond donors (Lipinski definition) is 1. The normalized spacial score (nSPS) is 15.1. The molecule has 0 spiro atoms. The number of rotatable bonds is 0. The standard InChI is InChI=1S/C9H7Cl2NO/c10-5-3-7-6(8(11)4-5)1-2-12-9(7)13/h3-4H,1-2H2,(H,12,13). The van der Waals surface area contributed by atoms with E-state index in [1.54, 1.807) is 12.1 Å². The van der Waals surface area contributed by atoms with Gasteiger partial charge in [-0.2, -0.15) is 0 Å². The van der Waals surface area contributed by atoms with Crippen molar-refractivity contribution < 1.29 is 4.79 Å². The molecule has 0 fully saturated rings. The van der Waals surface area contributed by atoms with E-state index in [-0.39, 0.29) is 5.91 Å². The lowest BCUT2D eigenvalue weighted by molar-refractivity contribution is 0.0946. The quantitative estimate of drug-likeness (QED) is 0.708. The van der Waals surface area contributed by atoms with Crippen LogP contribution >= 0.6 is 23.2 Å². The van der Waals surface area contributed by atoms with Crippen LogP contribution in [0.25, 0.3) is 0 Å². The van der Waals surface area contributed by atoms with Crippen LogP contribution in [-0.2, 0) is 6.42 Å². The summed E-state index contributed by atoms with van der Waals surface area (Å²) in [5.74, 6) is -0.0920. The minimum Gasteiger partial charge on any atom is -0.352 e. The molecule has 0 aliphatic carbocycles. The molecule has 0 bridgehead atoms. The Kier molecular flexibility index (Phi) is 2.18. The van der Waals surface area contributed by atoms with E-state index < -0.39 is 0 Å². The molecule has 1 aromatic carbocycles. The fraction of sp³-hybridized carbons (Fsp3) is 0.222. The zero-order valence-electron chi connectivity index (χ0n) is 6.73. The molecule has 1 aliphatic rings. The summed E-state index contributed by atoms with van der Waals surface area (Å²) in [6, 6.07) is 3.32. The number of carbonyl (C=O) groups is 1. The van der Waals surface area contributed by atoms with Crippen molar-refractivity contribution in [2.24, 2.45) is 0 Å². The summed E-state index contributed by atoms with van der Waals surface area (Å²) in [5.41, 5.74) is 1.50. The number of benzene rings is 1. The average Bonchev–Trinajstić information content (AvgIpc) is 2.07. The first-order chi connectivity index (χ1) is 6.18. The van der Waals surface area contributed by atoms with Gasteiger partial charge in [-0.15, -0.1) is 0 Å². The van der Waals surface area contributed by atoms with Crippen molar-refractivity contribution in [1.29, 1.82) is 0 Å². The first kappa shape index (κ1) is 8.85. The third-order valence-corrected chi connectivity index (χ3v) is 2.62. The van der Waals surface area contributed by atoms with Crippen LogP contribution in [0.1, 0.15) is 15.9 Å². The molecular weight excluding hydrogens is 209 g/mol. The van der Waals surface area contributed by atoms with E-state index >= 15 is 0 Å². The molecule has 0 radical (unpaired) electrons. The Balaban J connectivity index is 2.63. The van der Waals surface area contributed by atoms with Crippen molar-refractivity contribution in [2.45, 2.75) is 6.42 Å². The number of hydrogen-bond acceptors (Lipinski definition) is 1. The first-order valence-corrected chi connectivity index (χ1v) is 4.70. The number of halogens is 2. The van der Waals surface area contributed by atoms with Crippen LogP contribution in [-0.4, -0.2) is 12.5 Å². The first-order valence-electron chi connectivity index (χ1n) is 3.94. The van der Waals surface area contributed by atoms with Crippen molar-refractivity contribution in [1.82, 2.24) is 5.32 Å². The van der Waals surface area contributed by atoms with E-state index in [2.05, 4.69) is 5.32 Å². The summed E-state index contributed by atoms with van der Waals surface area (Å²) in [6.45, 7) is 0.646. The summed E-state index contributed by atoms with van der Waals surface area (Å²) in [7, 11) is 0. The molecule has 1 aromatic rings. The van der Waals surface area contributed by atoms with E-state index in [1.165, 1.54) is 0 Å². The largest absolute Gasteiger partial charge is 0.352 e. The van der Waals surface area contributed by atoms with Crippen LogP contribution in [0, 0.1) is 0 Å². The van der Waals surface area contributed by atoms with E-state index in [0.29, 0.717) is 22.2 Å². The number of nitrogens with one attached hydrogen (secondary N) is 1. The fourth-order valence-electron chi connectivity index (χ4n) is 1.46. The van der Waals surface area contributed by atoms with Gasteiger partial charge in [-0.05, 0) is 24.1 Å². The third kappa shape index (κ3) is 1.52. The van der Waals surface area contributed by atoms with Crippen LogP contribution in [0.4, 0.5) is 0 Å². The Labute approximate surface area is 85.8 Å². The number of amides is 1. The molecule has 2 rings (SSSR count). The van der Waals surface area contributed by atoms with Crippen LogP contribution in [0.2, 0.25) is 10.0 Å². The Hall–Kier alpha value is -0.730. The molecule has 0 unspecified atom stereocenters. The highest BCUT2D eigenvalue weighted by Crippen LogP contribution is 2.27. The van der Waals surface area contributed by atoms with E-state index in [0.717, 1.165) is 12.0 Å². The van der Waals surface area contributed by atoms with Gasteiger partial charge in [-0.3, -0.25) is 4.79 Å². The highest BCUT2D eigenvalue weighted by Gasteiger charge is 2.19. The summed E-state index contributed by atoms with van der Waals surface area (Å²) in [4.78, 5) is 11.4. The predicted molar refractivity (Wildman–Crippen MR) is 52.5 cm³/mol. The average molecular weight is 216 g/mol. The lowest BCUT2D eigenvalue weighted by Crippen LogP contribution is -2.31. The fourth-order valence-corrected chi connectivity index (χ4v) is 2.04. The summed E-state index contributed by atoms with van der Waals surface area (Å²) in [5, 5.41) is 3.82. The molecule has 4 heteroatoms. The van der Waals surface area contributed by atoms with E-state index in [1.807, 2.05) is 0 Å². The molecule has 13 heavy (non-hydrogen) atoms. The SMILES string of the molecule is O=C1NCCc2c(Cl)cc(Cl)cc21. The zero-order chi connectivity index (χ0) is 9.42. The predicted octanol–water partition coefficient (Wildman–Crippen LogP) is 2.28. The molecular formula is C9H7Cl2NO. The van der Waals surface area contributed by atoms with Crippen LogP contribution in [0.15, 0.2) is 12.1 Å². The Bertz CT molecular complexity index is 376. The van der Waals surface area contributed by atoms with Gasteiger partial charge in [0.15, 0.2) is 0 Å². The highest BCUT2D eigenvalue weighted by atomic mass is 35.5. The van der Waals surface area contributed by atoms with Gasteiger partial charge in [-0.25, -0.2) is 0 Å². The topological polar surface area (TPSA) is 29.1 Å². The Morgan fingerprint density at radius 2 is 2.08 bits per heavy atom. The van der Waals surface area contributed by atoms with Gasteiger partial charge < -0.3 is 5.32 Å².